The van der Waals surface area contributed by atoms with E-state index < -0.39 is 102 Å². The number of ketones is 1. The molecule has 302 valence electrons. The number of rotatable bonds is 9. The normalized spacial score (nSPS) is 47.4. The molecule has 52 heavy (non-hydrogen) atoms. The highest BCUT2D eigenvalue weighted by molar-refractivity contribution is 5.83. The molecular weight excluding hydrogens is 678 g/mol. The van der Waals surface area contributed by atoms with E-state index in [0.717, 1.165) is 0 Å². The SMILES string of the molecule is CC[C@H]1OC(=O)[C@H](C)[C@@H](O[C@H]2C[C@@](C)(OC)[C@@H](OC=O)[C@H](C)O2)[C@H](C)[C@@H](O[C@@H]2O[C@H](C)C[C@H](N(C)C)[C@H]2O)[C@](C)(O)C[C@@H](C)C(=O)[C@H](C)[C@@H](O)[C@H]1C. The molecule has 14 nitrogen and oxygen atoms in total. The summed E-state index contributed by atoms with van der Waals surface area (Å²) < 4.78 is 43.0. The number of carbonyl (C=O) groups excluding carboxylic acids is 3. The van der Waals surface area contributed by atoms with Gasteiger partial charge in [-0.1, -0.05) is 34.6 Å². The van der Waals surface area contributed by atoms with Gasteiger partial charge in [0.2, 0.25) is 0 Å². The van der Waals surface area contributed by atoms with Crippen LogP contribution in [0.3, 0.4) is 0 Å². The fraction of sp³-hybridized carbons (Fsp3) is 0.921. The average molecular weight is 746 g/mol. The van der Waals surface area contributed by atoms with Gasteiger partial charge in [0.05, 0.1) is 42.0 Å². The first kappa shape index (κ1) is 44.6. The topological polar surface area (TPSA) is 180 Å². The lowest BCUT2D eigenvalue weighted by Crippen LogP contribution is -2.61. The molecule has 14 heteroatoms. The summed E-state index contributed by atoms with van der Waals surface area (Å²) in [5.74, 6) is -4.71. The molecule has 0 aromatic rings. The number of hydrogen-bond donors (Lipinski definition) is 3. The molecule has 3 aliphatic heterocycles. The Hall–Kier alpha value is -1.75. The highest BCUT2D eigenvalue weighted by atomic mass is 16.7. The molecule has 0 radical (unpaired) electrons. The van der Waals surface area contributed by atoms with Crippen LogP contribution in [0.1, 0.15) is 94.9 Å². The molecule has 0 aliphatic carbocycles. The van der Waals surface area contributed by atoms with Gasteiger partial charge in [-0.25, -0.2) is 0 Å². The molecule has 3 rings (SSSR count). The number of cyclic esters (lactones) is 1. The summed E-state index contributed by atoms with van der Waals surface area (Å²) in [5, 5.41) is 35.3. The highest BCUT2D eigenvalue weighted by Crippen LogP contribution is 2.41. The van der Waals surface area contributed by atoms with Gasteiger partial charge in [-0.2, -0.15) is 0 Å². The largest absolute Gasteiger partial charge is 0.462 e. The van der Waals surface area contributed by atoms with Gasteiger partial charge < -0.3 is 53.4 Å². The maximum absolute atomic E-state index is 14.1. The minimum atomic E-state index is -1.74. The zero-order valence-corrected chi connectivity index (χ0v) is 33.5. The first-order chi connectivity index (χ1) is 24.1. The summed E-state index contributed by atoms with van der Waals surface area (Å²) in [6.45, 7) is 17.7. The molecule has 3 saturated heterocycles. The van der Waals surface area contributed by atoms with Gasteiger partial charge in [0, 0.05) is 43.2 Å². The van der Waals surface area contributed by atoms with E-state index in [1.165, 1.54) is 7.11 Å². The zero-order chi connectivity index (χ0) is 39.5. The summed E-state index contributed by atoms with van der Waals surface area (Å²) in [5.41, 5.74) is -2.75. The molecule has 0 aromatic carbocycles. The molecular formula is C38H67NO13. The second-order valence-corrected chi connectivity index (χ2v) is 16.4. The number of likely N-dealkylation sites (N-methyl/N-ethyl adjacent to an activating group) is 1. The van der Waals surface area contributed by atoms with E-state index in [2.05, 4.69) is 0 Å². The van der Waals surface area contributed by atoms with E-state index in [-0.39, 0.29) is 30.8 Å². The maximum atomic E-state index is 14.1. The van der Waals surface area contributed by atoms with Crippen molar-refractivity contribution in [2.24, 2.45) is 29.6 Å². The summed E-state index contributed by atoms with van der Waals surface area (Å²) in [6, 6.07) is -0.311. The molecule has 3 fully saturated rings. The third-order valence-electron chi connectivity index (χ3n) is 11.9. The number of aliphatic hydroxyl groups is 3. The van der Waals surface area contributed by atoms with Crippen molar-refractivity contribution in [3.63, 3.8) is 0 Å². The van der Waals surface area contributed by atoms with Crippen molar-refractivity contribution in [3.8, 4) is 0 Å². The minimum Gasteiger partial charge on any atom is -0.462 e. The summed E-state index contributed by atoms with van der Waals surface area (Å²) in [4.78, 5) is 41.2. The van der Waals surface area contributed by atoms with Crippen molar-refractivity contribution in [1.82, 2.24) is 4.90 Å². The van der Waals surface area contributed by atoms with Crippen LogP contribution in [0.15, 0.2) is 0 Å². The third-order valence-corrected chi connectivity index (χ3v) is 11.9. The van der Waals surface area contributed by atoms with Gasteiger partial charge in [0.15, 0.2) is 18.7 Å². The van der Waals surface area contributed by atoms with Crippen molar-refractivity contribution in [2.45, 2.75) is 174 Å². The Morgan fingerprint density at radius 1 is 0.904 bits per heavy atom. The number of Topliss-reactive ketones (excluding diaryl/α,β-unsaturated/α-hetero) is 1. The Kier molecular flexibility index (Phi) is 15.7. The molecule has 3 heterocycles. The zero-order valence-electron chi connectivity index (χ0n) is 33.5. The number of esters is 1. The molecule has 0 saturated carbocycles. The Morgan fingerprint density at radius 3 is 2.10 bits per heavy atom. The molecule has 0 spiro atoms. The van der Waals surface area contributed by atoms with E-state index in [4.69, 9.17) is 33.2 Å². The predicted molar refractivity (Wildman–Crippen MR) is 190 cm³/mol. The number of aliphatic hydroxyl groups excluding tert-OH is 2. The standard InChI is InChI=1S/C38H67NO13/c1-14-27-21(4)30(42)22(5)29(41)19(2)16-37(9,45)33(52-36-31(43)26(39(11)12)15-20(3)48-36)23(6)32(24(7)35(44)50-27)51-28-17-38(10,46-13)34(47-18-40)25(8)49-28/h18-28,30-34,36,42-43,45H,14-17H2,1-13H3/t19-,20-,21+,22+,23+,24-,25+,26+,27-,28+,30+,31-,32+,33-,34+,36+,37-,38-/m1/s1. The summed E-state index contributed by atoms with van der Waals surface area (Å²) >= 11 is 0. The van der Waals surface area contributed by atoms with Crippen LogP contribution in [0.4, 0.5) is 0 Å². The fourth-order valence-corrected chi connectivity index (χ4v) is 8.66. The van der Waals surface area contributed by atoms with Gasteiger partial charge in [-0.05, 0) is 68.0 Å². The van der Waals surface area contributed by atoms with Crippen molar-refractivity contribution in [2.75, 3.05) is 21.2 Å². The van der Waals surface area contributed by atoms with Crippen molar-refractivity contribution < 1.29 is 62.9 Å². The number of nitrogens with zero attached hydrogens (tertiary/aromatic N) is 1. The lowest BCUT2D eigenvalue weighted by atomic mass is 9.74. The van der Waals surface area contributed by atoms with E-state index in [1.54, 1.807) is 55.4 Å². The van der Waals surface area contributed by atoms with E-state index in [0.29, 0.717) is 19.3 Å². The first-order valence-electron chi connectivity index (χ1n) is 18.9. The van der Waals surface area contributed by atoms with Crippen LogP contribution in [0, 0.1) is 29.6 Å². The molecule has 0 unspecified atom stereocenters. The average Bonchev–Trinajstić information content (AvgIpc) is 3.08. The minimum absolute atomic E-state index is 0.0616. The number of ether oxygens (including phenoxy) is 7. The van der Waals surface area contributed by atoms with Gasteiger partial charge in [-0.15, -0.1) is 0 Å². The van der Waals surface area contributed by atoms with Crippen LogP contribution >= 0.6 is 0 Å². The molecule has 0 amide bonds. The number of hydrogen-bond acceptors (Lipinski definition) is 14. The van der Waals surface area contributed by atoms with Gasteiger partial charge in [0.25, 0.3) is 6.47 Å². The lowest BCUT2D eigenvalue weighted by Gasteiger charge is -2.49. The Bertz CT molecular complexity index is 1190. The lowest BCUT2D eigenvalue weighted by molar-refractivity contribution is -0.318. The van der Waals surface area contributed by atoms with Crippen molar-refractivity contribution in [1.29, 1.82) is 0 Å². The fourth-order valence-electron chi connectivity index (χ4n) is 8.66. The predicted octanol–water partition coefficient (Wildman–Crippen LogP) is 2.85. The smallest absolute Gasteiger partial charge is 0.311 e. The Balaban J connectivity index is 2.16. The number of methoxy groups -OCH3 is 1. The van der Waals surface area contributed by atoms with Gasteiger partial charge in [-0.3, -0.25) is 14.4 Å². The molecule has 18 atom stereocenters. The highest BCUT2D eigenvalue weighted by Gasteiger charge is 2.53. The molecule has 3 N–H and O–H groups in total. The van der Waals surface area contributed by atoms with Gasteiger partial charge >= 0.3 is 5.97 Å². The number of carbonyl (C=O) groups is 3. The van der Waals surface area contributed by atoms with Crippen LogP contribution in [-0.4, -0.2) is 138 Å². The second kappa shape index (κ2) is 18.3. The van der Waals surface area contributed by atoms with Gasteiger partial charge in [0.1, 0.15) is 23.6 Å². The van der Waals surface area contributed by atoms with E-state index in [1.807, 2.05) is 32.8 Å². The Labute approximate surface area is 310 Å². The van der Waals surface area contributed by atoms with Crippen molar-refractivity contribution >= 4 is 18.2 Å². The van der Waals surface area contributed by atoms with Crippen LogP contribution in [-0.2, 0) is 47.5 Å². The van der Waals surface area contributed by atoms with Crippen LogP contribution in [0.25, 0.3) is 0 Å². The quantitative estimate of drug-likeness (QED) is 0.232. The molecule has 0 aromatic heterocycles. The van der Waals surface area contributed by atoms with Crippen LogP contribution in [0.5, 0.6) is 0 Å². The first-order valence-corrected chi connectivity index (χ1v) is 18.9. The van der Waals surface area contributed by atoms with Crippen LogP contribution < -0.4 is 0 Å². The summed E-state index contributed by atoms with van der Waals surface area (Å²) in [6.07, 6.45) is -7.93. The van der Waals surface area contributed by atoms with Crippen LogP contribution in [0.2, 0.25) is 0 Å². The van der Waals surface area contributed by atoms with E-state index >= 15 is 0 Å². The monoisotopic (exact) mass is 745 g/mol. The van der Waals surface area contributed by atoms with Crippen molar-refractivity contribution in [3.05, 3.63) is 0 Å². The maximum Gasteiger partial charge on any atom is 0.311 e. The third kappa shape index (κ3) is 9.91. The molecule has 3 aliphatic rings. The Morgan fingerprint density at radius 2 is 1.54 bits per heavy atom. The van der Waals surface area contributed by atoms with E-state index in [9.17, 15) is 29.7 Å². The summed E-state index contributed by atoms with van der Waals surface area (Å²) in [7, 11) is 5.22. The molecule has 0 bridgehead atoms. The second-order valence-electron chi connectivity index (χ2n) is 16.4.